The summed E-state index contributed by atoms with van der Waals surface area (Å²) in [5, 5.41) is 3.53. The van der Waals surface area contributed by atoms with Crippen LogP contribution in [0.1, 0.15) is 46.8 Å². The second kappa shape index (κ2) is 7.39. The molecule has 1 saturated heterocycles. The predicted octanol–water partition coefficient (Wildman–Crippen LogP) is 3.80. The number of aliphatic imine (C=N–C) groups is 1. The Morgan fingerprint density at radius 3 is 2.76 bits per heavy atom. The Morgan fingerprint density at radius 1 is 1.31 bits per heavy atom. The Hall–Kier alpha value is -2.50. The number of Topliss-reactive ketones (excluding diaryl/α,β-unsaturated/α-hetero) is 1. The number of methoxy groups -OCH3 is 1. The van der Waals surface area contributed by atoms with Crippen molar-refractivity contribution < 1.29 is 9.53 Å². The minimum Gasteiger partial charge on any atom is -0.398 e. The number of nitrogens with zero attached hydrogens (tertiary/aromatic N) is 1. The van der Waals surface area contributed by atoms with E-state index in [4.69, 9.17) is 10.5 Å². The number of hydrogen-bond acceptors (Lipinski definition) is 5. The lowest BCUT2D eigenvalue weighted by molar-refractivity contribution is 0.101. The van der Waals surface area contributed by atoms with Gasteiger partial charge in [0, 0.05) is 41.8 Å². The van der Waals surface area contributed by atoms with Crippen LogP contribution in [-0.4, -0.2) is 38.8 Å². The van der Waals surface area contributed by atoms with Crippen molar-refractivity contribution >= 4 is 23.4 Å². The van der Waals surface area contributed by atoms with E-state index in [0.717, 1.165) is 42.9 Å². The molecule has 2 aliphatic rings. The van der Waals surface area contributed by atoms with Gasteiger partial charge in [0.15, 0.2) is 5.78 Å². The Bertz CT molecular complexity index is 963. The summed E-state index contributed by atoms with van der Waals surface area (Å²) in [5.74, 6) is -0.0320. The van der Waals surface area contributed by atoms with Crippen molar-refractivity contribution in [3.8, 4) is 0 Å². The van der Waals surface area contributed by atoms with Gasteiger partial charge in [-0.3, -0.25) is 9.79 Å². The maximum absolute atomic E-state index is 11.8. The predicted molar refractivity (Wildman–Crippen MR) is 117 cm³/mol. The van der Waals surface area contributed by atoms with Gasteiger partial charge in [0.1, 0.15) is 0 Å². The van der Waals surface area contributed by atoms with Crippen LogP contribution in [0, 0.1) is 12.3 Å². The van der Waals surface area contributed by atoms with Gasteiger partial charge in [-0.05, 0) is 68.6 Å². The van der Waals surface area contributed by atoms with E-state index in [0.29, 0.717) is 11.3 Å². The molecule has 4 rings (SSSR count). The lowest BCUT2D eigenvalue weighted by Crippen LogP contribution is -2.40. The molecule has 0 aromatic heterocycles. The number of hydrogen-bond donors (Lipinski definition) is 2. The van der Waals surface area contributed by atoms with Crippen LogP contribution < -0.4 is 11.1 Å². The lowest BCUT2D eigenvalue weighted by atomic mass is 9.81. The molecule has 1 heterocycles. The fourth-order valence-electron chi connectivity index (χ4n) is 5.05. The van der Waals surface area contributed by atoms with E-state index >= 15 is 0 Å². The molecule has 1 aliphatic heterocycles. The first-order valence-electron chi connectivity index (χ1n) is 10.2. The van der Waals surface area contributed by atoms with Gasteiger partial charge in [-0.2, -0.15) is 0 Å². The number of aryl methyl sites for hydroxylation is 1. The molecule has 1 aliphatic carbocycles. The van der Waals surface area contributed by atoms with Crippen molar-refractivity contribution in [2.75, 3.05) is 32.5 Å². The summed E-state index contributed by atoms with van der Waals surface area (Å²) < 4.78 is 5.53. The molecule has 2 atom stereocenters. The van der Waals surface area contributed by atoms with Crippen LogP contribution in [0.25, 0.3) is 0 Å². The quantitative estimate of drug-likeness (QED) is 0.446. The lowest BCUT2D eigenvalue weighted by Gasteiger charge is -2.31. The normalized spacial score (nSPS) is 25.8. The molecule has 0 bridgehead atoms. The first kappa shape index (κ1) is 19.8. The van der Waals surface area contributed by atoms with E-state index in [1.807, 2.05) is 19.1 Å². The number of piperidine rings is 1. The number of carbonyl (C=O) groups is 1. The molecule has 0 radical (unpaired) electrons. The molecule has 5 nitrogen and oxygen atoms in total. The van der Waals surface area contributed by atoms with Gasteiger partial charge in [-0.25, -0.2) is 0 Å². The topological polar surface area (TPSA) is 76.7 Å². The molecule has 0 amide bonds. The number of benzene rings is 2. The van der Waals surface area contributed by atoms with Crippen LogP contribution in [0.3, 0.4) is 0 Å². The van der Waals surface area contributed by atoms with E-state index < -0.39 is 0 Å². The fraction of sp³-hybridized carbons (Fsp3) is 0.417. The van der Waals surface area contributed by atoms with Crippen LogP contribution in [0.4, 0.5) is 11.4 Å². The summed E-state index contributed by atoms with van der Waals surface area (Å²) in [6.45, 7) is 6.36. The van der Waals surface area contributed by atoms with Gasteiger partial charge in [0.05, 0.1) is 18.0 Å². The van der Waals surface area contributed by atoms with Gasteiger partial charge >= 0.3 is 0 Å². The van der Waals surface area contributed by atoms with Gasteiger partial charge in [0.25, 0.3) is 0 Å². The fourth-order valence-corrected chi connectivity index (χ4v) is 5.05. The molecule has 152 valence electrons. The van der Waals surface area contributed by atoms with Crippen LogP contribution in [0.2, 0.25) is 0 Å². The maximum atomic E-state index is 11.8. The Morgan fingerprint density at radius 2 is 2.07 bits per heavy atom. The Labute approximate surface area is 172 Å². The van der Waals surface area contributed by atoms with Crippen molar-refractivity contribution in [3.63, 3.8) is 0 Å². The van der Waals surface area contributed by atoms with Crippen molar-refractivity contribution in [2.45, 2.75) is 32.1 Å². The molecule has 2 unspecified atom stereocenters. The van der Waals surface area contributed by atoms with Crippen molar-refractivity contribution in [1.29, 1.82) is 0 Å². The summed E-state index contributed by atoms with van der Waals surface area (Å²) in [6, 6.07) is 12.3. The van der Waals surface area contributed by atoms with Gasteiger partial charge in [0.2, 0.25) is 0 Å². The third kappa shape index (κ3) is 3.38. The zero-order chi connectivity index (χ0) is 20.6. The number of carbonyl (C=O) groups excluding carboxylic acids is 1. The van der Waals surface area contributed by atoms with Gasteiger partial charge in [-0.15, -0.1) is 0 Å². The number of anilines is 1. The number of fused-ring (bicyclic) bond motifs is 1. The zero-order valence-electron chi connectivity index (χ0n) is 17.4. The van der Waals surface area contributed by atoms with Crippen molar-refractivity contribution in [2.24, 2.45) is 10.4 Å². The van der Waals surface area contributed by atoms with E-state index in [-0.39, 0.29) is 16.6 Å². The zero-order valence-corrected chi connectivity index (χ0v) is 17.4. The smallest absolute Gasteiger partial charge is 0.161 e. The van der Waals surface area contributed by atoms with Crippen LogP contribution >= 0.6 is 0 Å². The number of ketones is 1. The van der Waals surface area contributed by atoms with Crippen LogP contribution in [-0.2, 0) is 10.2 Å². The number of nitrogens with one attached hydrogen (secondary N) is 1. The molecule has 2 aromatic carbocycles. The summed E-state index contributed by atoms with van der Waals surface area (Å²) in [6.07, 6.45) is 4.07. The first-order valence-corrected chi connectivity index (χ1v) is 10.2. The summed E-state index contributed by atoms with van der Waals surface area (Å²) in [7, 11) is 1.79. The van der Waals surface area contributed by atoms with E-state index in [1.165, 1.54) is 18.9 Å². The highest BCUT2D eigenvalue weighted by atomic mass is 16.5. The molecule has 29 heavy (non-hydrogen) atoms. The van der Waals surface area contributed by atoms with E-state index in [2.05, 4.69) is 34.6 Å². The summed E-state index contributed by atoms with van der Waals surface area (Å²) >= 11 is 0. The molecule has 2 aromatic rings. The molecular weight excluding hydrogens is 362 g/mol. The number of rotatable bonds is 6. The third-order valence-corrected chi connectivity index (χ3v) is 6.65. The standard InChI is InChI=1S/C24H29N3O2/c1-16-10-18(22(25)21(11-16)17(2)28)12-27-20-6-4-19(5-7-20)24-8-9-26-14-23(24,13-24)15-29-3/h4-7,10-12,26H,8-9,13-15,25H2,1-3H3. The Balaban J connectivity index is 1.56. The summed E-state index contributed by atoms with van der Waals surface area (Å²) in [5.41, 5.74) is 11.7. The average molecular weight is 392 g/mol. The Kier molecular flexibility index (Phi) is 5.05. The number of nitrogen functional groups attached to an aromatic ring is 1. The molecule has 3 N–H and O–H groups in total. The highest BCUT2D eigenvalue weighted by Crippen LogP contribution is 2.67. The van der Waals surface area contributed by atoms with Crippen molar-refractivity contribution in [3.05, 3.63) is 58.7 Å². The maximum Gasteiger partial charge on any atom is 0.161 e. The molecule has 1 saturated carbocycles. The second-order valence-electron chi connectivity index (χ2n) is 8.58. The monoisotopic (exact) mass is 391 g/mol. The second-order valence-corrected chi connectivity index (χ2v) is 8.58. The molecule has 2 fully saturated rings. The average Bonchev–Trinajstić information content (AvgIpc) is 3.39. The molecule has 0 spiro atoms. The van der Waals surface area contributed by atoms with Crippen LogP contribution in [0.15, 0.2) is 41.4 Å². The van der Waals surface area contributed by atoms with Gasteiger partial charge in [-0.1, -0.05) is 12.1 Å². The largest absolute Gasteiger partial charge is 0.398 e. The molecular formula is C24H29N3O2. The van der Waals surface area contributed by atoms with Crippen molar-refractivity contribution in [1.82, 2.24) is 5.32 Å². The number of ether oxygens (including phenoxy) is 1. The summed E-state index contributed by atoms with van der Waals surface area (Å²) in [4.78, 5) is 16.4. The SMILES string of the molecule is COCC12CNCCC1(c1ccc(N=Cc3cc(C)cc(C(C)=O)c3N)cc1)C2. The third-order valence-electron chi connectivity index (χ3n) is 6.65. The van der Waals surface area contributed by atoms with Crippen LogP contribution in [0.5, 0.6) is 0 Å². The highest BCUT2D eigenvalue weighted by molar-refractivity contribution is 6.03. The van der Waals surface area contributed by atoms with Gasteiger partial charge < -0.3 is 15.8 Å². The van der Waals surface area contributed by atoms with E-state index in [1.54, 1.807) is 13.3 Å². The highest BCUT2D eigenvalue weighted by Gasteiger charge is 2.68. The first-order chi connectivity index (χ1) is 13.9. The van der Waals surface area contributed by atoms with E-state index in [9.17, 15) is 4.79 Å². The number of nitrogens with two attached hydrogens (primary N) is 1. The minimum atomic E-state index is -0.0320. The molecule has 5 heteroatoms. The minimum absolute atomic E-state index is 0.0320.